The third-order valence-electron chi connectivity index (χ3n) is 3.49. The molecule has 3 unspecified atom stereocenters. The maximum atomic E-state index is 11.3. The van der Waals surface area contributed by atoms with E-state index in [0.717, 1.165) is 0 Å². The van der Waals surface area contributed by atoms with Crippen molar-refractivity contribution in [1.29, 1.82) is 5.26 Å². The molecule has 1 aliphatic heterocycles. The van der Waals surface area contributed by atoms with Crippen LogP contribution in [0.3, 0.4) is 0 Å². The molecule has 1 aliphatic rings. The minimum absolute atomic E-state index is 0.352. The van der Waals surface area contributed by atoms with Gasteiger partial charge in [-0.1, -0.05) is 0 Å². The monoisotopic (exact) mass is 322 g/mol. The van der Waals surface area contributed by atoms with Crippen molar-refractivity contribution in [3.8, 4) is 11.8 Å². The summed E-state index contributed by atoms with van der Waals surface area (Å²) in [7, 11) is 0. The third-order valence-corrected chi connectivity index (χ3v) is 3.49. The number of hydrogen-bond acceptors (Lipinski definition) is 7. The SMILES string of the molecule is CC(=O)NC1C(O)[C@H](O)C(CO)O[C@H]1Oc1ccc(C#N)cc1. The number of rotatable bonds is 4. The second-order valence-corrected chi connectivity index (χ2v) is 5.19. The average Bonchev–Trinajstić information content (AvgIpc) is 2.54. The molecule has 1 heterocycles. The molecule has 0 bridgehead atoms. The first-order chi connectivity index (χ1) is 11.0. The van der Waals surface area contributed by atoms with E-state index in [9.17, 15) is 20.1 Å². The summed E-state index contributed by atoms with van der Waals surface area (Å²) >= 11 is 0. The number of aliphatic hydroxyl groups is 3. The maximum Gasteiger partial charge on any atom is 0.223 e. The van der Waals surface area contributed by atoms with Crippen molar-refractivity contribution >= 4 is 5.91 Å². The minimum atomic E-state index is -1.37. The van der Waals surface area contributed by atoms with E-state index in [4.69, 9.17) is 14.7 Å². The van der Waals surface area contributed by atoms with Crippen LogP contribution in [0.1, 0.15) is 12.5 Å². The van der Waals surface area contributed by atoms with Gasteiger partial charge in [0.15, 0.2) is 0 Å². The number of nitriles is 1. The van der Waals surface area contributed by atoms with Crippen LogP contribution < -0.4 is 10.1 Å². The Balaban J connectivity index is 2.19. The second-order valence-electron chi connectivity index (χ2n) is 5.19. The number of ether oxygens (including phenoxy) is 2. The topological polar surface area (TPSA) is 132 Å². The molecule has 1 amide bonds. The van der Waals surface area contributed by atoms with Crippen LogP contribution in [0, 0.1) is 11.3 Å². The molecule has 5 atom stereocenters. The van der Waals surface area contributed by atoms with Gasteiger partial charge in [-0.3, -0.25) is 4.79 Å². The van der Waals surface area contributed by atoms with Gasteiger partial charge >= 0.3 is 0 Å². The zero-order valence-corrected chi connectivity index (χ0v) is 12.4. The lowest BCUT2D eigenvalue weighted by molar-refractivity contribution is -0.244. The summed E-state index contributed by atoms with van der Waals surface area (Å²) in [5.41, 5.74) is 0.448. The fraction of sp³-hybridized carbons (Fsp3) is 0.467. The minimum Gasteiger partial charge on any atom is -0.463 e. The molecular formula is C15H18N2O6. The van der Waals surface area contributed by atoms with Gasteiger partial charge in [-0.15, -0.1) is 0 Å². The summed E-state index contributed by atoms with van der Waals surface area (Å²) in [4.78, 5) is 11.3. The molecule has 1 fully saturated rings. The zero-order chi connectivity index (χ0) is 17.0. The van der Waals surface area contributed by atoms with Crippen molar-refractivity contribution in [3.05, 3.63) is 29.8 Å². The van der Waals surface area contributed by atoms with E-state index in [-0.39, 0.29) is 0 Å². The van der Waals surface area contributed by atoms with Crippen LogP contribution in [-0.4, -0.2) is 58.5 Å². The Morgan fingerprint density at radius 1 is 1.35 bits per heavy atom. The highest BCUT2D eigenvalue weighted by Gasteiger charge is 2.46. The number of carbonyl (C=O) groups excluding carboxylic acids is 1. The molecule has 8 nitrogen and oxygen atoms in total. The highest BCUT2D eigenvalue weighted by molar-refractivity contribution is 5.73. The molecule has 4 N–H and O–H groups in total. The third kappa shape index (κ3) is 3.97. The van der Waals surface area contributed by atoms with E-state index in [1.165, 1.54) is 19.1 Å². The van der Waals surface area contributed by atoms with Crippen molar-refractivity contribution in [3.63, 3.8) is 0 Å². The smallest absolute Gasteiger partial charge is 0.223 e. The summed E-state index contributed by atoms with van der Waals surface area (Å²) in [6, 6.07) is 7.12. The Hall–Kier alpha value is -2.18. The van der Waals surface area contributed by atoms with Gasteiger partial charge in [0.2, 0.25) is 12.2 Å². The second kappa shape index (κ2) is 7.39. The molecular weight excluding hydrogens is 304 g/mol. The van der Waals surface area contributed by atoms with Gasteiger partial charge in [-0.05, 0) is 24.3 Å². The summed E-state index contributed by atoms with van der Waals surface area (Å²) in [6.07, 6.45) is -4.88. The molecule has 0 spiro atoms. The Labute approximate surface area is 132 Å². The first-order valence-corrected chi connectivity index (χ1v) is 7.02. The van der Waals surface area contributed by atoms with E-state index < -0.39 is 43.2 Å². The van der Waals surface area contributed by atoms with E-state index in [2.05, 4.69) is 5.32 Å². The average molecular weight is 322 g/mol. The summed E-state index contributed by atoms with van der Waals surface area (Å²) < 4.78 is 11.0. The summed E-state index contributed by atoms with van der Waals surface area (Å²) in [5, 5.41) is 40.5. The van der Waals surface area contributed by atoms with Crippen molar-refractivity contribution in [2.75, 3.05) is 6.61 Å². The summed E-state index contributed by atoms with van der Waals surface area (Å²) in [5.74, 6) is -0.0784. The Bertz CT molecular complexity index is 585. The zero-order valence-electron chi connectivity index (χ0n) is 12.4. The molecule has 1 saturated heterocycles. The lowest BCUT2D eigenvalue weighted by atomic mass is 9.97. The number of nitrogens with one attached hydrogen (secondary N) is 1. The van der Waals surface area contributed by atoms with Crippen LogP contribution in [0.2, 0.25) is 0 Å². The number of hydrogen-bond donors (Lipinski definition) is 4. The van der Waals surface area contributed by atoms with Gasteiger partial charge < -0.3 is 30.1 Å². The van der Waals surface area contributed by atoms with Crippen LogP contribution in [0.5, 0.6) is 5.75 Å². The van der Waals surface area contributed by atoms with Crippen LogP contribution in [0.25, 0.3) is 0 Å². The lowest BCUT2D eigenvalue weighted by Gasteiger charge is -2.42. The highest BCUT2D eigenvalue weighted by Crippen LogP contribution is 2.24. The molecule has 0 aliphatic carbocycles. The molecule has 0 saturated carbocycles. The normalized spacial score (nSPS) is 30.3. The Morgan fingerprint density at radius 2 is 2.00 bits per heavy atom. The first-order valence-electron chi connectivity index (χ1n) is 7.02. The van der Waals surface area contributed by atoms with Crippen LogP contribution in [0.15, 0.2) is 24.3 Å². The highest BCUT2D eigenvalue weighted by atomic mass is 16.7. The van der Waals surface area contributed by atoms with E-state index in [0.29, 0.717) is 11.3 Å². The van der Waals surface area contributed by atoms with Crippen molar-refractivity contribution in [2.24, 2.45) is 0 Å². The number of amides is 1. The van der Waals surface area contributed by atoms with E-state index in [1.807, 2.05) is 6.07 Å². The standard InChI is InChI=1S/C15H18N2O6/c1-8(19)17-12-14(21)13(20)11(7-18)23-15(12)22-10-4-2-9(6-16)3-5-10/h2-5,11-15,18,20-21H,7H2,1H3,(H,17,19)/t11?,12?,13-,14?,15-/m1/s1. The fourth-order valence-electron chi connectivity index (χ4n) is 2.31. The molecule has 8 heteroatoms. The Morgan fingerprint density at radius 3 is 2.52 bits per heavy atom. The fourth-order valence-corrected chi connectivity index (χ4v) is 2.31. The Kier molecular flexibility index (Phi) is 5.52. The van der Waals surface area contributed by atoms with Gasteiger partial charge in [-0.25, -0.2) is 0 Å². The van der Waals surface area contributed by atoms with Crippen molar-refractivity contribution in [2.45, 2.75) is 37.6 Å². The largest absolute Gasteiger partial charge is 0.463 e. The molecule has 23 heavy (non-hydrogen) atoms. The maximum absolute atomic E-state index is 11.3. The van der Waals surface area contributed by atoms with Crippen molar-refractivity contribution in [1.82, 2.24) is 5.32 Å². The predicted octanol–water partition coefficient (Wildman–Crippen LogP) is -1.12. The predicted molar refractivity (Wildman–Crippen MR) is 77.2 cm³/mol. The molecule has 1 aromatic carbocycles. The molecule has 2 rings (SSSR count). The molecule has 0 radical (unpaired) electrons. The number of benzene rings is 1. The van der Waals surface area contributed by atoms with Gasteiger partial charge in [0, 0.05) is 6.92 Å². The van der Waals surface area contributed by atoms with Crippen LogP contribution in [0.4, 0.5) is 0 Å². The van der Waals surface area contributed by atoms with Gasteiger partial charge in [0.1, 0.15) is 30.1 Å². The quantitative estimate of drug-likeness (QED) is 0.552. The number of nitrogens with zero attached hydrogens (tertiary/aromatic N) is 1. The lowest BCUT2D eigenvalue weighted by Crippen LogP contribution is -2.65. The number of aliphatic hydroxyl groups excluding tert-OH is 3. The molecule has 0 aromatic heterocycles. The van der Waals surface area contributed by atoms with Gasteiger partial charge in [-0.2, -0.15) is 5.26 Å². The van der Waals surface area contributed by atoms with Crippen molar-refractivity contribution < 1.29 is 29.6 Å². The van der Waals surface area contributed by atoms with Gasteiger partial charge in [0.05, 0.1) is 18.2 Å². The van der Waals surface area contributed by atoms with E-state index >= 15 is 0 Å². The van der Waals surface area contributed by atoms with E-state index in [1.54, 1.807) is 12.1 Å². The molecule has 124 valence electrons. The van der Waals surface area contributed by atoms with Crippen LogP contribution >= 0.6 is 0 Å². The summed E-state index contributed by atoms with van der Waals surface area (Å²) in [6.45, 7) is 0.744. The molecule has 1 aromatic rings. The van der Waals surface area contributed by atoms with Gasteiger partial charge in [0.25, 0.3) is 0 Å². The van der Waals surface area contributed by atoms with Crippen LogP contribution in [-0.2, 0) is 9.53 Å². The first kappa shape index (κ1) is 17.2. The number of carbonyl (C=O) groups is 1.